The zero-order valence-corrected chi connectivity index (χ0v) is 11.3. The molecule has 0 aliphatic heterocycles. The van der Waals surface area contributed by atoms with Gasteiger partial charge < -0.3 is 5.11 Å². The van der Waals surface area contributed by atoms with Gasteiger partial charge in [-0.25, -0.2) is 9.48 Å². The highest BCUT2D eigenvalue weighted by Crippen LogP contribution is 2.24. The normalized spacial score (nSPS) is 10.1. The predicted molar refractivity (Wildman–Crippen MR) is 78.5 cm³/mol. The summed E-state index contributed by atoms with van der Waals surface area (Å²) >= 11 is 0. The van der Waals surface area contributed by atoms with Crippen molar-refractivity contribution >= 4 is 5.97 Å². The van der Waals surface area contributed by atoms with Crippen LogP contribution in [0, 0.1) is 11.3 Å². The number of hydrogen-bond donors (Lipinski definition) is 1. The molecule has 6 nitrogen and oxygen atoms in total. The molecule has 1 N–H and O–H groups in total. The quantitative estimate of drug-likeness (QED) is 0.800. The summed E-state index contributed by atoms with van der Waals surface area (Å²) in [6.45, 7) is 0. The molecule has 0 amide bonds. The van der Waals surface area contributed by atoms with Crippen LogP contribution in [0.5, 0.6) is 0 Å². The lowest BCUT2D eigenvalue weighted by Crippen LogP contribution is -2.07. The molecule has 0 saturated heterocycles. The number of nitriles is 1. The molecule has 0 bridgehead atoms. The second-order valence-corrected chi connectivity index (χ2v) is 4.54. The van der Waals surface area contributed by atoms with Gasteiger partial charge in [-0.1, -0.05) is 35.5 Å². The minimum atomic E-state index is -1.09. The van der Waals surface area contributed by atoms with Gasteiger partial charge in [0.2, 0.25) is 0 Å². The molecule has 22 heavy (non-hydrogen) atoms. The second kappa shape index (κ2) is 5.50. The Morgan fingerprint density at radius 2 is 1.86 bits per heavy atom. The highest BCUT2D eigenvalue weighted by atomic mass is 16.4. The van der Waals surface area contributed by atoms with E-state index in [-0.39, 0.29) is 5.69 Å². The first-order valence-corrected chi connectivity index (χ1v) is 6.44. The summed E-state index contributed by atoms with van der Waals surface area (Å²) in [5.74, 6) is -1.09. The van der Waals surface area contributed by atoms with Crippen LogP contribution in [0.4, 0.5) is 0 Å². The van der Waals surface area contributed by atoms with Crippen LogP contribution in [0.15, 0.2) is 54.7 Å². The molecule has 3 aromatic rings. The molecule has 0 fully saturated rings. The Morgan fingerprint density at radius 3 is 2.55 bits per heavy atom. The molecule has 1 heterocycles. The number of carboxylic acid groups (broad SMARTS) is 1. The monoisotopic (exact) mass is 290 g/mol. The second-order valence-electron chi connectivity index (χ2n) is 4.54. The number of hydrogen-bond acceptors (Lipinski definition) is 4. The summed E-state index contributed by atoms with van der Waals surface area (Å²) in [4.78, 5) is 11.1. The third-order valence-corrected chi connectivity index (χ3v) is 3.24. The van der Waals surface area contributed by atoms with Crippen molar-refractivity contribution in [2.75, 3.05) is 0 Å². The van der Waals surface area contributed by atoms with Crippen LogP contribution in [0.2, 0.25) is 0 Å². The molecule has 1 aromatic heterocycles. The van der Waals surface area contributed by atoms with Crippen LogP contribution in [0.1, 0.15) is 16.1 Å². The van der Waals surface area contributed by atoms with Gasteiger partial charge in [0.1, 0.15) is 0 Å². The van der Waals surface area contributed by atoms with Crippen LogP contribution in [0.25, 0.3) is 16.8 Å². The number of benzene rings is 2. The van der Waals surface area contributed by atoms with E-state index < -0.39 is 5.97 Å². The molecule has 106 valence electrons. The third kappa shape index (κ3) is 2.31. The molecule has 0 spiro atoms. The molecule has 0 radical (unpaired) electrons. The van der Waals surface area contributed by atoms with Crippen LogP contribution < -0.4 is 0 Å². The summed E-state index contributed by atoms with van der Waals surface area (Å²) in [6.07, 6.45) is 1.20. The first-order valence-electron chi connectivity index (χ1n) is 6.44. The van der Waals surface area contributed by atoms with Gasteiger partial charge in [-0.2, -0.15) is 5.26 Å². The van der Waals surface area contributed by atoms with E-state index in [2.05, 4.69) is 16.4 Å². The summed E-state index contributed by atoms with van der Waals surface area (Å²) in [6, 6.07) is 16.6. The molecule has 0 saturated carbocycles. The number of carboxylic acids is 1. The van der Waals surface area contributed by atoms with Crippen molar-refractivity contribution in [1.82, 2.24) is 15.0 Å². The molecule has 0 atom stereocenters. The Kier molecular flexibility index (Phi) is 3.38. The number of aromatic carboxylic acids is 1. The van der Waals surface area contributed by atoms with Gasteiger partial charge in [-0.05, 0) is 29.3 Å². The minimum absolute atomic E-state index is 0.00910. The summed E-state index contributed by atoms with van der Waals surface area (Å²) < 4.78 is 1.25. The van der Waals surface area contributed by atoms with Crippen LogP contribution in [0.3, 0.4) is 0 Å². The Hall–Kier alpha value is -3.46. The zero-order chi connectivity index (χ0) is 15.5. The molecule has 2 aromatic carbocycles. The van der Waals surface area contributed by atoms with Gasteiger partial charge in [-0.15, -0.1) is 5.10 Å². The van der Waals surface area contributed by atoms with Crippen molar-refractivity contribution in [1.29, 1.82) is 5.26 Å². The van der Waals surface area contributed by atoms with Crippen LogP contribution in [-0.4, -0.2) is 26.1 Å². The largest absolute Gasteiger partial charge is 0.476 e. The maximum atomic E-state index is 11.1. The average Bonchev–Trinajstić information content (AvgIpc) is 3.05. The van der Waals surface area contributed by atoms with Gasteiger partial charge in [0.05, 0.1) is 23.5 Å². The highest BCUT2D eigenvalue weighted by molar-refractivity contribution is 5.85. The lowest BCUT2D eigenvalue weighted by atomic mass is 10.0. The van der Waals surface area contributed by atoms with Gasteiger partial charge in [-0.3, -0.25) is 0 Å². The Morgan fingerprint density at radius 1 is 1.14 bits per heavy atom. The van der Waals surface area contributed by atoms with Crippen LogP contribution >= 0.6 is 0 Å². The number of nitrogens with zero attached hydrogens (tertiary/aromatic N) is 4. The standard InChI is InChI=1S/C16H10N4O2/c17-9-12-3-1-2-4-14(12)11-5-7-13(8-6-11)20-15(16(21)22)10-18-19-20/h1-8,10H,(H,21,22). The van der Waals surface area contributed by atoms with E-state index in [0.29, 0.717) is 11.3 Å². The maximum Gasteiger partial charge on any atom is 0.356 e. The van der Waals surface area contributed by atoms with E-state index in [9.17, 15) is 4.79 Å². The van der Waals surface area contributed by atoms with E-state index in [4.69, 9.17) is 10.4 Å². The Bertz CT molecular complexity index is 876. The summed E-state index contributed by atoms with van der Waals surface area (Å²) in [5.41, 5.74) is 2.87. The number of rotatable bonds is 3. The van der Waals surface area contributed by atoms with Crippen molar-refractivity contribution in [3.05, 3.63) is 66.0 Å². The lowest BCUT2D eigenvalue weighted by Gasteiger charge is -2.07. The van der Waals surface area contributed by atoms with Gasteiger partial charge in [0, 0.05) is 0 Å². The molecule has 6 heteroatoms. The molecule has 0 aliphatic carbocycles. The molecule has 0 aliphatic rings. The summed E-state index contributed by atoms with van der Waals surface area (Å²) in [7, 11) is 0. The Balaban J connectivity index is 2.02. The predicted octanol–water partition coefficient (Wildman–Crippen LogP) is 2.50. The van der Waals surface area contributed by atoms with Gasteiger partial charge in [0.15, 0.2) is 5.69 Å². The first-order chi connectivity index (χ1) is 10.7. The van der Waals surface area contributed by atoms with Crippen molar-refractivity contribution in [3.8, 4) is 22.9 Å². The smallest absolute Gasteiger partial charge is 0.356 e. The van der Waals surface area contributed by atoms with Crippen molar-refractivity contribution in [3.63, 3.8) is 0 Å². The molecular weight excluding hydrogens is 280 g/mol. The van der Waals surface area contributed by atoms with Crippen molar-refractivity contribution < 1.29 is 9.90 Å². The maximum absolute atomic E-state index is 11.1. The SMILES string of the molecule is N#Cc1ccccc1-c1ccc(-n2nncc2C(=O)O)cc1. The Labute approximate surface area is 125 Å². The van der Waals surface area contributed by atoms with E-state index in [0.717, 1.165) is 11.1 Å². The average molecular weight is 290 g/mol. The molecular formula is C16H10N4O2. The topological polar surface area (TPSA) is 91.8 Å². The molecule has 0 unspecified atom stereocenters. The number of carbonyl (C=O) groups is 1. The van der Waals surface area contributed by atoms with E-state index in [1.807, 2.05) is 30.3 Å². The zero-order valence-electron chi connectivity index (χ0n) is 11.3. The highest BCUT2D eigenvalue weighted by Gasteiger charge is 2.13. The summed E-state index contributed by atoms with van der Waals surface area (Å²) in [5, 5.41) is 25.6. The molecule has 3 rings (SSSR count). The minimum Gasteiger partial charge on any atom is -0.476 e. The third-order valence-electron chi connectivity index (χ3n) is 3.24. The first kappa shape index (κ1) is 13.5. The van der Waals surface area contributed by atoms with E-state index in [1.54, 1.807) is 18.2 Å². The van der Waals surface area contributed by atoms with Gasteiger partial charge >= 0.3 is 5.97 Å². The number of aromatic nitrogens is 3. The van der Waals surface area contributed by atoms with Crippen LogP contribution in [-0.2, 0) is 0 Å². The van der Waals surface area contributed by atoms with Crippen molar-refractivity contribution in [2.45, 2.75) is 0 Å². The van der Waals surface area contributed by atoms with E-state index >= 15 is 0 Å². The van der Waals surface area contributed by atoms with Crippen molar-refractivity contribution in [2.24, 2.45) is 0 Å². The van der Waals surface area contributed by atoms with Gasteiger partial charge in [0.25, 0.3) is 0 Å². The van der Waals surface area contributed by atoms with E-state index in [1.165, 1.54) is 10.9 Å². The fraction of sp³-hybridized carbons (Fsp3) is 0. The fourth-order valence-corrected chi connectivity index (χ4v) is 2.19. The fourth-order valence-electron chi connectivity index (χ4n) is 2.19. The lowest BCUT2D eigenvalue weighted by molar-refractivity contribution is 0.0687.